The van der Waals surface area contributed by atoms with Crippen molar-refractivity contribution in [3.05, 3.63) is 62.0 Å². The van der Waals surface area contributed by atoms with Crippen molar-refractivity contribution in [3.63, 3.8) is 0 Å². The molecule has 2 aromatic carbocycles. The molecule has 0 radical (unpaired) electrons. The number of amides is 1. The van der Waals surface area contributed by atoms with Gasteiger partial charge in [0, 0.05) is 27.3 Å². The molecule has 0 aromatic heterocycles. The largest absolute Gasteiger partial charge is 0.380 e. The predicted octanol–water partition coefficient (Wildman–Crippen LogP) is 4.92. The van der Waals surface area contributed by atoms with Gasteiger partial charge in [-0.25, -0.2) is 0 Å². The molecule has 0 unspecified atom stereocenters. The highest BCUT2D eigenvalue weighted by Crippen LogP contribution is 2.27. The summed E-state index contributed by atoms with van der Waals surface area (Å²) in [7, 11) is 1.63. The number of carbonyl (C=O) groups excluding carboxylic acids is 1. The molecule has 0 aliphatic heterocycles. The number of hydrogen-bond donors (Lipinski definition) is 1. The van der Waals surface area contributed by atoms with Crippen LogP contribution in [0.15, 0.2) is 45.3 Å². The number of hydrogen-bond acceptors (Lipinski definition) is 2. The van der Waals surface area contributed by atoms with Gasteiger partial charge in [0.15, 0.2) is 0 Å². The summed E-state index contributed by atoms with van der Waals surface area (Å²) in [6.45, 7) is 2.38. The van der Waals surface area contributed by atoms with Gasteiger partial charge in [-0.05, 0) is 46.6 Å². The van der Waals surface area contributed by atoms with Crippen LogP contribution in [-0.4, -0.2) is 13.0 Å². The van der Waals surface area contributed by atoms with Crippen molar-refractivity contribution in [2.45, 2.75) is 13.5 Å². The quantitative estimate of drug-likeness (QED) is 0.773. The van der Waals surface area contributed by atoms with Crippen molar-refractivity contribution < 1.29 is 9.53 Å². The first-order chi connectivity index (χ1) is 10.0. The molecule has 0 saturated carbocycles. The number of carbonyl (C=O) groups is 1. The Balaban J connectivity index is 2.32. The number of rotatable bonds is 4. The normalized spacial score (nSPS) is 10.5. The molecule has 3 nitrogen and oxygen atoms in total. The van der Waals surface area contributed by atoms with Crippen LogP contribution in [0.4, 0.5) is 5.69 Å². The Morgan fingerprint density at radius 3 is 2.62 bits per heavy atom. The van der Waals surface area contributed by atoms with Crippen molar-refractivity contribution in [3.8, 4) is 0 Å². The lowest BCUT2D eigenvalue weighted by molar-refractivity contribution is 0.102. The molecular formula is C16H15Br2NO2. The van der Waals surface area contributed by atoms with Gasteiger partial charge in [-0.2, -0.15) is 0 Å². The standard InChI is InChI=1S/C16H15Br2NO2/c1-10-5-3-6-11(15(10)18)16(20)19-14-8-4-7-13(17)12(14)9-21-2/h3-8H,9H2,1-2H3,(H,19,20). The number of methoxy groups -OCH3 is 1. The lowest BCUT2D eigenvalue weighted by Crippen LogP contribution is -2.14. The van der Waals surface area contributed by atoms with E-state index in [-0.39, 0.29) is 5.91 Å². The third-order valence-corrected chi connectivity index (χ3v) is 4.89. The molecule has 0 aliphatic rings. The van der Waals surface area contributed by atoms with E-state index in [0.717, 1.165) is 25.8 Å². The summed E-state index contributed by atoms with van der Waals surface area (Å²) < 4.78 is 6.91. The maximum absolute atomic E-state index is 12.5. The fraction of sp³-hybridized carbons (Fsp3) is 0.188. The smallest absolute Gasteiger partial charge is 0.256 e. The molecule has 1 N–H and O–H groups in total. The van der Waals surface area contributed by atoms with E-state index in [1.54, 1.807) is 13.2 Å². The summed E-state index contributed by atoms with van der Waals surface area (Å²) in [6, 6.07) is 11.3. The first-order valence-electron chi connectivity index (χ1n) is 6.37. The summed E-state index contributed by atoms with van der Waals surface area (Å²) in [5, 5.41) is 2.94. The molecular weight excluding hydrogens is 398 g/mol. The highest BCUT2D eigenvalue weighted by atomic mass is 79.9. The van der Waals surface area contributed by atoms with Crippen LogP contribution in [0.25, 0.3) is 0 Å². The van der Waals surface area contributed by atoms with Crippen molar-refractivity contribution in [2.24, 2.45) is 0 Å². The average molecular weight is 413 g/mol. The Labute approximate surface area is 141 Å². The maximum atomic E-state index is 12.5. The molecule has 0 spiro atoms. The Bertz CT molecular complexity index is 671. The summed E-state index contributed by atoms with van der Waals surface area (Å²) in [6.07, 6.45) is 0. The van der Waals surface area contributed by atoms with Crippen LogP contribution in [0.5, 0.6) is 0 Å². The minimum absolute atomic E-state index is 0.152. The lowest BCUT2D eigenvalue weighted by atomic mass is 10.1. The van der Waals surface area contributed by atoms with Crippen molar-refractivity contribution in [1.29, 1.82) is 0 Å². The molecule has 0 aliphatic carbocycles. The number of anilines is 1. The molecule has 110 valence electrons. The van der Waals surface area contributed by atoms with Gasteiger partial charge in [-0.3, -0.25) is 4.79 Å². The van der Waals surface area contributed by atoms with E-state index >= 15 is 0 Å². The SMILES string of the molecule is COCc1c(Br)cccc1NC(=O)c1cccc(C)c1Br. The van der Waals surface area contributed by atoms with Crippen LogP contribution in [-0.2, 0) is 11.3 Å². The molecule has 1 amide bonds. The number of aryl methyl sites for hydroxylation is 1. The predicted molar refractivity (Wildman–Crippen MR) is 91.7 cm³/mol. The van der Waals surface area contributed by atoms with Gasteiger partial charge in [0.05, 0.1) is 12.2 Å². The monoisotopic (exact) mass is 411 g/mol. The molecule has 2 aromatic rings. The van der Waals surface area contributed by atoms with Gasteiger partial charge in [-0.15, -0.1) is 0 Å². The average Bonchev–Trinajstić information content (AvgIpc) is 2.45. The van der Waals surface area contributed by atoms with Gasteiger partial charge >= 0.3 is 0 Å². The highest BCUT2D eigenvalue weighted by molar-refractivity contribution is 9.10. The summed E-state index contributed by atoms with van der Waals surface area (Å²) in [5.74, 6) is -0.152. The molecule has 0 fully saturated rings. The minimum Gasteiger partial charge on any atom is -0.380 e. The van der Waals surface area contributed by atoms with Gasteiger partial charge in [-0.1, -0.05) is 34.1 Å². The van der Waals surface area contributed by atoms with Crippen LogP contribution < -0.4 is 5.32 Å². The third-order valence-electron chi connectivity index (χ3n) is 3.09. The van der Waals surface area contributed by atoms with E-state index in [2.05, 4.69) is 37.2 Å². The summed E-state index contributed by atoms with van der Waals surface area (Å²) in [4.78, 5) is 12.5. The third kappa shape index (κ3) is 3.73. The number of ether oxygens (including phenoxy) is 1. The Kier molecular flexibility index (Phi) is 5.56. The second-order valence-electron chi connectivity index (χ2n) is 4.59. The zero-order valence-corrected chi connectivity index (χ0v) is 14.9. The van der Waals surface area contributed by atoms with Gasteiger partial charge in [0.1, 0.15) is 0 Å². The fourth-order valence-corrected chi connectivity index (χ4v) is 2.90. The van der Waals surface area contributed by atoms with Crippen LogP contribution in [0.1, 0.15) is 21.5 Å². The molecule has 0 atom stereocenters. The van der Waals surface area contributed by atoms with Crippen molar-refractivity contribution in [1.82, 2.24) is 0 Å². The van der Waals surface area contributed by atoms with Crippen LogP contribution in [0, 0.1) is 6.92 Å². The fourth-order valence-electron chi connectivity index (χ4n) is 1.98. The number of benzene rings is 2. The molecule has 21 heavy (non-hydrogen) atoms. The lowest BCUT2D eigenvalue weighted by Gasteiger charge is -2.13. The molecule has 2 rings (SSSR count). The van der Waals surface area contributed by atoms with Gasteiger partial charge < -0.3 is 10.1 Å². The van der Waals surface area contributed by atoms with E-state index in [0.29, 0.717) is 12.2 Å². The zero-order valence-electron chi connectivity index (χ0n) is 11.7. The number of nitrogens with one attached hydrogen (secondary N) is 1. The zero-order chi connectivity index (χ0) is 15.4. The van der Waals surface area contributed by atoms with Crippen molar-refractivity contribution in [2.75, 3.05) is 12.4 Å². The maximum Gasteiger partial charge on any atom is 0.256 e. The van der Waals surface area contributed by atoms with Crippen LogP contribution >= 0.6 is 31.9 Å². The van der Waals surface area contributed by atoms with E-state index in [9.17, 15) is 4.79 Å². The molecule has 5 heteroatoms. The molecule has 0 heterocycles. The van der Waals surface area contributed by atoms with Crippen LogP contribution in [0.3, 0.4) is 0 Å². The molecule has 0 bridgehead atoms. The summed E-state index contributed by atoms with van der Waals surface area (Å²) >= 11 is 6.94. The van der Waals surface area contributed by atoms with E-state index in [4.69, 9.17) is 4.74 Å². The second-order valence-corrected chi connectivity index (χ2v) is 6.24. The van der Waals surface area contributed by atoms with Gasteiger partial charge in [0.25, 0.3) is 5.91 Å². The summed E-state index contributed by atoms with van der Waals surface area (Å²) in [5.41, 5.74) is 3.29. The van der Waals surface area contributed by atoms with Crippen molar-refractivity contribution >= 4 is 43.5 Å². The van der Waals surface area contributed by atoms with Crippen LogP contribution in [0.2, 0.25) is 0 Å². The Hall–Kier alpha value is -1.17. The Morgan fingerprint density at radius 2 is 1.90 bits per heavy atom. The first kappa shape index (κ1) is 16.2. The first-order valence-corrected chi connectivity index (χ1v) is 7.96. The number of halogens is 2. The van der Waals surface area contributed by atoms with E-state index in [1.165, 1.54) is 0 Å². The topological polar surface area (TPSA) is 38.3 Å². The minimum atomic E-state index is -0.152. The second kappa shape index (κ2) is 7.20. The molecule has 0 saturated heterocycles. The van der Waals surface area contributed by atoms with E-state index in [1.807, 2.05) is 37.3 Å². The van der Waals surface area contributed by atoms with E-state index < -0.39 is 0 Å². The Morgan fingerprint density at radius 1 is 1.19 bits per heavy atom. The highest BCUT2D eigenvalue weighted by Gasteiger charge is 2.14. The van der Waals surface area contributed by atoms with Gasteiger partial charge in [0.2, 0.25) is 0 Å².